The lowest BCUT2D eigenvalue weighted by atomic mass is 9.93. The molecule has 2 rings (SSSR count). The van der Waals surface area contributed by atoms with Crippen molar-refractivity contribution in [2.75, 3.05) is 6.61 Å². The highest BCUT2D eigenvalue weighted by Gasteiger charge is 2.17. The van der Waals surface area contributed by atoms with Gasteiger partial charge in [0, 0.05) is 11.6 Å². The van der Waals surface area contributed by atoms with Crippen molar-refractivity contribution in [3.63, 3.8) is 0 Å². The molecule has 0 saturated carbocycles. The zero-order valence-electron chi connectivity index (χ0n) is 10.2. The SMILES string of the molecule is CCC(C)c1ccc2c(c1)[C@@H](N)CCCO2. The third kappa shape index (κ3) is 2.22. The molecule has 0 amide bonds. The highest BCUT2D eigenvalue weighted by atomic mass is 16.5. The number of ether oxygens (including phenoxy) is 1. The molecule has 1 aliphatic rings. The number of nitrogens with two attached hydrogens (primary N) is 1. The van der Waals surface area contributed by atoms with Crippen LogP contribution >= 0.6 is 0 Å². The molecule has 1 unspecified atom stereocenters. The lowest BCUT2D eigenvalue weighted by Crippen LogP contribution is -2.09. The van der Waals surface area contributed by atoms with E-state index in [-0.39, 0.29) is 6.04 Å². The summed E-state index contributed by atoms with van der Waals surface area (Å²) in [6.07, 6.45) is 3.24. The van der Waals surface area contributed by atoms with Crippen LogP contribution in [0.3, 0.4) is 0 Å². The molecule has 0 aromatic heterocycles. The van der Waals surface area contributed by atoms with E-state index in [0.29, 0.717) is 5.92 Å². The molecule has 88 valence electrons. The van der Waals surface area contributed by atoms with Crippen molar-refractivity contribution in [2.45, 2.75) is 45.1 Å². The first kappa shape index (κ1) is 11.5. The van der Waals surface area contributed by atoms with Gasteiger partial charge in [-0.3, -0.25) is 0 Å². The minimum absolute atomic E-state index is 0.140. The summed E-state index contributed by atoms with van der Waals surface area (Å²) in [6.45, 7) is 5.26. The lowest BCUT2D eigenvalue weighted by molar-refractivity contribution is 0.316. The van der Waals surface area contributed by atoms with E-state index in [0.717, 1.165) is 31.6 Å². The standard InChI is InChI=1S/C14H21NO/c1-3-10(2)11-6-7-14-12(9-11)13(15)5-4-8-16-14/h6-7,9-10,13H,3-5,8,15H2,1-2H3/t10?,13-/m0/s1. The lowest BCUT2D eigenvalue weighted by Gasteiger charge is -2.16. The maximum atomic E-state index is 6.18. The number of benzene rings is 1. The Morgan fingerprint density at radius 2 is 2.31 bits per heavy atom. The minimum Gasteiger partial charge on any atom is -0.493 e. The molecule has 0 fully saturated rings. The van der Waals surface area contributed by atoms with E-state index in [1.54, 1.807) is 0 Å². The van der Waals surface area contributed by atoms with Crippen LogP contribution in [0.2, 0.25) is 0 Å². The second-order valence-corrected chi connectivity index (χ2v) is 4.70. The Hall–Kier alpha value is -1.02. The number of fused-ring (bicyclic) bond motifs is 1. The maximum Gasteiger partial charge on any atom is 0.124 e. The summed E-state index contributed by atoms with van der Waals surface area (Å²) >= 11 is 0. The monoisotopic (exact) mass is 219 g/mol. The van der Waals surface area contributed by atoms with Gasteiger partial charge in [0.15, 0.2) is 0 Å². The van der Waals surface area contributed by atoms with Crippen LogP contribution in [0.25, 0.3) is 0 Å². The zero-order valence-corrected chi connectivity index (χ0v) is 10.2. The summed E-state index contributed by atoms with van der Waals surface area (Å²) < 4.78 is 5.71. The van der Waals surface area contributed by atoms with Crippen LogP contribution in [-0.2, 0) is 0 Å². The average Bonchev–Trinajstić information content (AvgIpc) is 2.50. The van der Waals surface area contributed by atoms with Crippen LogP contribution in [0, 0.1) is 0 Å². The average molecular weight is 219 g/mol. The van der Waals surface area contributed by atoms with Gasteiger partial charge in [0.1, 0.15) is 5.75 Å². The van der Waals surface area contributed by atoms with Crippen molar-refractivity contribution in [1.82, 2.24) is 0 Å². The largest absolute Gasteiger partial charge is 0.493 e. The first-order valence-corrected chi connectivity index (χ1v) is 6.24. The van der Waals surface area contributed by atoms with Crippen LogP contribution in [0.1, 0.15) is 56.2 Å². The van der Waals surface area contributed by atoms with E-state index in [1.807, 2.05) is 0 Å². The molecule has 2 nitrogen and oxygen atoms in total. The van der Waals surface area contributed by atoms with Gasteiger partial charge in [0.05, 0.1) is 6.61 Å². The molecule has 2 N–H and O–H groups in total. The van der Waals surface area contributed by atoms with E-state index in [9.17, 15) is 0 Å². The molecular formula is C14H21NO. The van der Waals surface area contributed by atoms with E-state index < -0.39 is 0 Å². The van der Waals surface area contributed by atoms with Gasteiger partial charge in [-0.1, -0.05) is 26.0 Å². The van der Waals surface area contributed by atoms with Crippen LogP contribution < -0.4 is 10.5 Å². The Morgan fingerprint density at radius 3 is 3.06 bits per heavy atom. The van der Waals surface area contributed by atoms with Crippen LogP contribution in [0.5, 0.6) is 5.75 Å². The first-order chi connectivity index (χ1) is 7.72. The van der Waals surface area contributed by atoms with Gasteiger partial charge >= 0.3 is 0 Å². The Labute approximate surface area is 97.8 Å². The summed E-state index contributed by atoms with van der Waals surface area (Å²) in [5, 5.41) is 0. The molecule has 0 bridgehead atoms. The topological polar surface area (TPSA) is 35.2 Å². The highest BCUT2D eigenvalue weighted by molar-refractivity contribution is 5.41. The third-order valence-electron chi connectivity index (χ3n) is 3.53. The van der Waals surface area contributed by atoms with E-state index in [1.165, 1.54) is 11.1 Å². The highest BCUT2D eigenvalue weighted by Crippen LogP contribution is 2.33. The van der Waals surface area contributed by atoms with Gasteiger partial charge in [0.2, 0.25) is 0 Å². The zero-order chi connectivity index (χ0) is 11.5. The van der Waals surface area contributed by atoms with Gasteiger partial charge in [-0.25, -0.2) is 0 Å². The molecule has 0 aliphatic carbocycles. The fourth-order valence-corrected chi connectivity index (χ4v) is 2.17. The summed E-state index contributed by atoms with van der Waals surface area (Å²) in [4.78, 5) is 0. The second-order valence-electron chi connectivity index (χ2n) is 4.70. The van der Waals surface area contributed by atoms with Gasteiger partial charge in [-0.15, -0.1) is 0 Å². The molecule has 0 saturated heterocycles. The fraction of sp³-hybridized carbons (Fsp3) is 0.571. The summed E-state index contributed by atoms with van der Waals surface area (Å²) in [6, 6.07) is 6.63. The smallest absolute Gasteiger partial charge is 0.124 e. The third-order valence-corrected chi connectivity index (χ3v) is 3.53. The van der Waals surface area contributed by atoms with Crippen LogP contribution in [-0.4, -0.2) is 6.61 Å². The van der Waals surface area contributed by atoms with Crippen molar-refractivity contribution in [1.29, 1.82) is 0 Å². The number of rotatable bonds is 2. The predicted molar refractivity (Wildman–Crippen MR) is 66.8 cm³/mol. The Kier molecular flexibility index (Phi) is 3.49. The Bertz CT molecular complexity index is 362. The Morgan fingerprint density at radius 1 is 1.50 bits per heavy atom. The van der Waals surface area contributed by atoms with Crippen LogP contribution in [0.15, 0.2) is 18.2 Å². The predicted octanol–water partition coefficient (Wildman–Crippen LogP) is 3.37. The minimum atomic E-state index is 0.140. The number of hydrogen-bond acceptors (Lipinski definition) is 2. The quantitative estimate of drug-likeness (QED) is 0.827. The maximum absolute atomic E-state index is 6.18. The summed E-state index contributed by atoms with van der Waals surface area (Å²) in [5.74, 6) is 1.58. The van der Waals surface area contributed by atoms with Crippen molar-refractivity contribution >= 4 is 0 Å². The Balaban J connectivity index is 2.35. The molecule has 0 spiro atoms. The van der Waals surface area contributed by atoms with Gasteiger partial charge in [-0.05, 0) is 36.8 Å². The first-order valence-electron chi connectivity index (χ1n) is 6.24. The normalized spacial score (nSPS) is 21.8. The molecular weight excluding hydrogens is 198 g/mol. The molecule has 2 heteroatoms. The van der Waals surface area contributed by atoms with E-state index in [2.05, 4.69) is 32.0 Å². The van der Waals surface area contributed by atoms with Crippen LogP contribution in [0.4, 0.5) is 0 Å². The fourth-order valence-electron chi connectivity index (χ4n) is 2.17. The summed E-state index contributed by atoms with van der Waals surface area (Å²) in [7, 11) is 0. The molecule has 2 atom stereocenters. The molecule has 0 radical (unpaired) electrons. The molecule has 1 aromatic carbocycles. The van der Waals surface area contributed by atoms with Gasteiger partial charge in [0.25, 0.3) is 0 Å². The van der Waals surface area contributed by atoms with E-state index >= 15 is 0 Å². The molecule has 1 aliphatic heterocycles. The molecule has 1 heterocycles. The summed E-state index contributed by atoms with van der Waals surface area (Å²) in [5.41, 5.74) is 8.74. The van der Waals surface area contributed by atoms with Gasteiger partial charge in [-0.2, -0.15) is 0 Å². The van der Waals surface area contributed by atoms with Gasteiger partial charge < -0.3 is 10.5 Å². The van der Waals surface area contributed by atoms with Crippen molar-refractivity contribution in [3.05, 3.63) is 29.3 Å². The number of hydrogen-bond donors (Lipinski definition) is 1. The van der Waals surface area contributed by atoms with E-state index in [4.69, 9.17) is 10.5 Å². The van der Waals surface area contributed by atoms with Crippen molar-refractivity contribution < 1.29 is 4.74 Å². The second kappa shape index (κ2) is 4.88. The van der Waals surface area contributed by atoms with Crippen molar-refractivity contribution in [2.24, 2.45) is 5.73 Å². The van der Waals surface area contributed by atoms with Crippen molar-refractivity contribution in [3.8, 4) is 5.75 Å². The molecule has 1 aromatic rings. The molecule has 16 heavy (non-hydrogen) atoms.